The van der Waals surface area contributed by atoms with Gasteiger partial charge in [-0.1, -0.05) is 44.9 Å². The Morgan fingerprint density at radius 2 is 1.31 bits per heavy atom. The average molecular weight is 516 g/mol. The Bertz CT molecular complexity index is 567. The third-order valence-corrected chi connectivity index (χ3v) is 5.95. The van der Waals surface area contributed by atoms with Crippen LogP contribution in [0.25, 0.3) is 0 Å². The third kappa shape index (κ3) is 21.3. The molecule has 0 saturated carbocycles. The van der Waals surface area contributed by atoms with Crippen molar-refractivity contribution < 1.29 is 19.1 Å². The van der Waals surface area contributed by atoms with Gasteiger partial charge in [-0.3, -0.25) is 9.59 Å². The smallest absolute Gasteiger partial charge is 0.404 e. The lowest BCUT2D eigenvalue weighted by Crippen LogP contribution is -2.48. The zero-order valence-electron chi connectivity index (χ0n) is 22.3. The summed E-state index contributed by atoms with van der Waals surface area (Å²) in [5.74, 6) is -0.375. The number of hydrogen-bond acceptors (Lipinski definition) is 8. The maximum Gasteiger partial charge on any atom is 0.404 e. The normalized spacial score (nSPS) is 11.8. The van der Waals surface area contributed by atoms with E-state index in [1.165, 1.54) is 0 Å². The molecule has 0 bridgehead atoms. The Labute approximate surface area is 217 Å². The monoisotopic (exact) mass is 515 g/mol. The molecule has 0 aliphatic rings. The Hall–Kier alpha value is -1.95. The number of carbonyl (C=O) groups excluding carboxylic acids is 3. The van der Waals surface area contributed by atoms with E-state index in [1.807, 2.05) is 0 Å². The molecule has 0 rings (SSSR count). The van der Waals surface area contributed by atoms with Crippen molar-refractivity contribution in [3.63, 3.8) is 0 Å². The molecule has 1 atom stereocenters. The van der Waals surface area contributed by atoms with Gasteiger partial charge in [-0.05, 0) is 64.7 Å². The maximum atomic E-state index is 12.9. The number of rotatable bonds is 25. The SMILES string of the molecule is NCCCCCCCNCC(=O)N(CCCCCCCN)CC(=O)N[C@H](CCCCN)COC(N)=O. The lowest BCUT2D eigenvalue weighted by Gasteiger charge is -2.25. The van der Waals surface area contributed by atoms with Crippen molar-refractivity contribution in [3.05, 3.63) is 0 Å². The van der Waals surface area contributed by atoms with Crippen molar-refractivity contribution in [2.24, 2.45) is 22.9 Å². The van der Waals surface area contributed by atoms with Crippen molar-refractivity contribution in [1.29, 1.82) is 0 Å². The number of nitrogens with two attached hydrogens (primary N) is 4. The van der Waals surface area contributed by atoms with Crippen LogP contribution < -0.4 is 33.6 Å². The minimum atomic E-state index is -0.884. The number of nitrogens with one attached hydrogen (secondary N) is 2. The van der Waals surface area contributed by atoms with Gasteiger partial charge in [0, 0.05) is 6.54 Å². The Morgan fingerprint density at radius 3 is 1.92 bits per heavy atom. The first-order valence-corrected chi connectivity index (χ1v) is 13.7. The molecule has 0 aromatic carbocycles. The molecule has 0 fully saturated rings. The van der Waals surface area contributed by atoms with Crippen LogP contribution in [0.2, 0.25) is 0 Å². The highest BCUT2D eigenvalue weighted by molar-refractivity contribution is 5.85. The summed E-state index contributed by atoms with van der Waals surface area (Å²) in [5, 5.41) is 6.10. The van der Waals surface area contributed by atoms with E-state index in [0.717, 1.165) is 90.1 Å². The molecule has 11 nitrogen and oxygen atoms in total. The van der Waals surface area contributed by atoms with Gasteiger partial charge < -0.3 is 43.2 Å². The van der Waals surface area contributed by atoms with Gasteiger partial charge in [0.15, 0.2) is 0 Å². The second-order valence-electron chi connectivity index (χ2n) is 9.28. The van der Waals surface area contributed by atoms with E-state index >= 15 is 0 Å². The topological polar surface area (TPSA) is 192 Å². The van der Waals surface area contributed by atoms with Crippen LogP contribution in [0.3, 0.4) is 0 Å². The maximum absolute atomic E-state index is 12.9. The first-order valence-electron chi connectivity index (χ1n) is 13.7. The van der Waals surface area contributed by atoms with Crippen LogP contribution in [0.5, 0.6) is 0 Å². The number of carbonyl (C=O) groups is 3. The zero-order valence-corrected chi connectivity index (χ0v) is 22.3. The molecule has 0 aromatic heterocycles. The minimum absolute atomic E-state index is 0.00638. The summed E-state index contributed by atoms with van der Waals surface area (Å²) in [7, 11) is 0. The predicted octanol–water partition coefficient (Wildman–Crippen LogP) is 0.932. The third-order valence-electron chi connectivity index (χ3n) is 5.95. The summed E-state index contributed by atoms with van der Waals surface area (Å²) in [6, 6.07) is -0.373. The predicted molar refractivity (Wildman–Crippen MR) is 144 cm³/mol. The number of amides is 3. The Morgan fingerprint density at radius 1 is 0.750 bits per heavy atom. The fourth-order valence-electron chi connectivity index (χ4n) is 3.86. The number of nitrogens with zero attached hydrogens (tertiary/aromatic N) is 1. The first-order chi connectivity index (χ1) is 17.4. The summed E-state index contributed by atoms with van der Waals surface area (Å²) in [4.78, 5) is 38.3. The summed E-state index contributed by atoms with van der Waals surface area (Å²) in [6.45, 7) is 3.41. The van der Waals surface area contributed by atoms with E-state index in [9.17, 15) is 14.4 Å². The van der Waals surface area contributed by atoms with Crippen molar-refractivity contribution in [2.75, 3.05) is 52.4 Å². The van der Waals surface area contributed by atoms with E-state index in [-0.39, 0.29) is 37.6 Å². The van der Waals surface area contributed by atoms with Gasteiger partial charge in [0.2, 0.25) is 11.8 Å². The minimum Gasteiger partial charge on any atom is -0.448 e. The molecule has 212 valence electrons. The standard InChI is InChI=1S/C25H53N7O4/c26-14-8-3-1-5-11-17-30-19-24(34)32(18-12-6-2-4-9-15-27)20-23(33)31-22(13-7-10-16-28)21-36-25(29)35/h22,30H,1-21,26-28H2,(H2,29,35)(H,31,33)/t22-/m1/s1. The van der Waals surface area contributed by atoms with E-state index < -0.39 is 6.09 Å². The van der Waals surface area contributed by atoms with Gasteiger partial charge in [-0.25, -0.2) is 4.79 Å². The second-order valence-corrected chi connectivity index (χ2v) is 9.28. The van der Waals surface area contributed by atoms with E-state index in [0.29, 0.717) is 26.1 Å². The van der Waals surface area contributed by atoms with Crippen LogP contribution in [0.4, 0.5) is 4.79 Å². The quantitative estimate of drug-likeness (QED) is 0.0967. The zero-order chi connectivity index (χ0) is 26.9. The molecule has 0 unspecified atom stereocenters. The number of primary amides is 1. The molecule has 0 aromatic rings. The molecule has 36 heavy (non-hydrogen) atoms. The van der Waals surface area contributed by atoms with Gasteiger partial charge in [-0.15, -0.1) is 0 Å². The highest BCUT2D eigenvalue weighted by atomic mass is 16.5. The molecule has 0 aliphatic carbocycles. The number of hydrogen-bond donors (Lipinski definition) is 6. The van der Waals surface area contributed by atoms with Crippen molar-refractivity contribution in [1.82, 2.24) is 15.5 Å². The lowest BCUT2D eigenvalue weighted by atomic mass is 10.1. The van der Waals surface area contributed by atoms with Crippen molar-refractivity contribution in [3.8, 4) is 0 Å². The lowest BCUT2D eigenvalue weighted by molar-refractivity contribution is -0.135. The average Bonchev–Trinajstić information content (AvgIpc) is 2.85. The molecule has 0 aliphatic heterocycles. The summed E-state index contributed by atoms with van der Waals surface area (Å²) >= 11 is 0. The van der Waals surface area contributed by atoms with Gasteiger partial charge in [0.05, 0.1) is 19.1 Å². The molecule has 0 spiro atoms. The molecule has 3 amide bonds. The largest absolute Gasteiger partial charge is 0.448 e. The van der Waals surface area contributed by atoms with E-state index in [4.69, 9.17) is 27.7 Å². The van der Waals surface area contributed by atoms with Crippen LogP contribution >= 0.6 is 0 Å². The Balaban J connectivity index is 4.71. The molecule has 10 N–H and O–H groups in total. The van der Waals surface area contributed by atoms with Crippen LogP contribution in [-0.4, -0.2) is 81.3 Å². The highest BCUT2D eigenvalue weighted by Gasteiger charge is 2.20. The Kier molecular flexibility index (Phi) is 23.4. The fraction of sp³-hybridized carbons (Fsp3) is 0.880. The molecule has 11 heteroatoms. The summed E-state index contributed by atoms with van der Waals surface area (Å²) in [6.07, 6.45) is 11.7. The summed E-state index contributed by atoms with van der Waals surface area (Å²) in [5.41, 5.74) is 21.7. The van der Waals surface area contributed by atoms with Crippen LogP contribution in [0.15, 0.2) is 0 Å². The molecule has 0 saturated heterocycles. The van der Waals surface area contributed by atoms with Crippen molar-refractivity contribution >= 4 is 17.9 Å². The number of ether oxygens (including phenoxy) is 1. The number of unbranched alkanes of at least 4 members (excludes halogenated alkanes) is 9. The molecular formula is C25H53N7O4. The summed E-state index contributed by atoms with van der Waals surface area (Å²) < 4.78 is 4.89. The molecule has 0 radical (unpaired) electrons. The van der Waals surface area contributed by atoms with Crippen LogP contribution in [0.1, 0.15) is 83.5 Å². The molecular weight excluding hydrogens is 462 g/mol. The van der Waals surface area contributed by atoms with Gasteiger partial charge >= 0.3 is 6.09 Å². The van der Waals surface area contributed by atoms with Gasteiger partial charge in [0.1, 0.15) is 6.61 Å². The van der Waals surface area contributed by atoms with Crippen molar-refractivity contribution in [2.45, 2.75) is 89.5 Å². The van der Waals surface area contributed by atoms with Crippen LogP contribution in [0, 0.1) is 0 Å². The van der Waals surface area contributed by atoms with E-state index in [2.05, 4.69) is 10.6 Å². The fourth-order valence-corrected chi connectivity index (χ4v) is 3.86. The van der Waals surface area contributed by atoms with Crippen LogP contribution in [-0.2, 0) is 14.3 Å². The van der Waals surface area contributed by atoms with Gasteiger partial charge in [0.25, 0.3) is 0 Å². The van der Waals surface area contributed by atoms with Gasteiger partial charge in [-0.2, -0.15) is 0 Å². The van der Waals surface area contributed by atoms with E-state index in [1.54, 1.807) is 4.90 Å². The second kappa shape index (κ2) is 24.7. The highest BCUT2D eigenvalue weighted by Crippen LogP contribution is 2.06. The first kappa shape index (κ1) is 34.0. The molecule has 0 heterocycles.